The SMILES string of the molecule is Cc1cccc(C(=O)N2CCCN(C(=S)NC3CC3)CC2)c1. The first-order valence-corrected chi connectivity index (χ1v) is 8.46. The normalized spacial score (nSPS) is 18.8. The molecule has 2 fully saturated rings. The molecule has 0 unspecified atom stereocenters. The van der Waals surface area contributed by atoms with E-state index >= 15 is 0 Å². The summed E-state index contributed by atoms with van der Waals surface area (Å²) in [5.41, 5.74) is 1.91. The first-order valence-electron chi connectivity index (χ1n) is 8.05. The first kappa shape index (κ1) is 15.3. The Balaban J connectivity index is 1.59. The molecule has 1 saturated carbocycles. The summed E-state index contributed by atoms with van der Waals surface area (Å²) >= 11 is 5.48. The van der Waals surface area contributed by atoms with Gasteiger partial charge in [0.05, 0.1) is 0 Å². The van der Waals surface area contributed by atoms with E-state index in [-0.39, 0.29) is 5.91 Å². The van der Waals surface area contributed by atoms with Gasteiger partial charge in [-0.2, -0.15) is 0 Å². The van der Waals surface area contributed by atoms with Crippen molar-refractivity contribution in [3.05, 3.63) is 35.4 Å². The molecule has 22 heavy (non-hydrogen) atoms. The average Bonchev–Trinajstić information content (AvgIpc) is 3.32. The number of carbonyl (C=O) groups excluding carboxylic acids is 1. The van der Waals surface area contributed by atoms with Gasteiger partial charge >= 0.3 is 0 Å². The van der Waals surface area contributed by atoms with E-state index in [0.29, 0.717) is 6.04 Å². The number of rotatable bonds is 2. The molecule has 1 saturated heterocycles. The summed E-state index contributed by atoms with van der Waals surface area (Å²) in [6.07, 6.45) is 3.42. The van der Waals surface area contributed by atoms with Crippen LogP contribution in [0.1, 0.15) is 35.2 Å². The quantitative estimate of drug-likeness (QED) is 0.848. The second-order valence-corrected chi connectivity index (χ2v) is 6.61. The fourth-order valence-electron chi connectivity index (χ4n) is 2.78. The number of nitrogens with zero attached hydrogens (tertiary/aromatic N) is 2. The summed E-state index contributed by atoms with van der Waals surface area (Å²) in [7, 11) is 0. The summed E-state index contributed by atoms with van der Waals surface area (Å²) in [5, 5.41) is 4.24. The molecule has 0 atom stereocenters. The Morgan fingerprint density at radius 3 is 2.64 bits per heavy atom. The number of benzene rings is 1. The minimum absolute atomic E-state index is 0.131. The van der Waals surface area contributed by atoms with Crippen LogP contribution in [0, 0.1) is 6.92 Å². The van der Waals surface area contributed by atoms with Crippen molar-refractivity contribution >= 4 is 23.2 Å². The Labute approximate surface area is 137 Å². The molecule has 0 radical (unpaired) electrons. The molecular formula is C17H23N3OS. The van der Waals surface area contributed by atoms with Crippen LogP contribution in [0.15, 0.2) is 24.3 Å². The van der Waals surface area contributed by atoms with Gasteiger partial charge in [0.15, 0.2) is 5.11 Å². The molecule has 4 nitrogen and oxygen atoms in total. The van der Waals surface area contributed by atoms with Gasteiger partial charge in [0.1, 0.15) is 0 Å². The Morgan fingerprint density at radius 2 is 1.91 bits per heavy atom. The molecule has 1 aliphatic carbocycles. The van der Waals surface area contributed by atoms with Gasteiger partial charge in [-0.05, 0) is 50.5 Å². The zero-order valence-electron chi connectivity index (χ0n) is 13.0. The second kappa shape index (κ2) is 6.65. The van der Waals surface area contributed by atoms with E-state index in [1.165, 1.54) is 12.8 Å². The number of hydrogen-bond donors (Lipinski definition) is 1. The number of carbonyl (C=O) groups is 1. The number of aryl methyl sites for hydroxylation is 1. The number of nitrogens with one attached hydrogen (secondary N) is 1. The van der Waals surface area contributed by atoms with Crippen LogP contribution in [0.25, 0.3) is 0 Å². The van der Waals surface area contributed by atoms with Gasteiger partial charge in [-0.25, -0.2) is 0 Å². The Bertz CT molecular complexity index is 571. The standard InChI is InChI=1S/C17H23N3OS/c1-13-4-2-5-14(12-13)16(21)19-8-3-9-20(11-10-19)17(22)18-15-6-7-15/h2,4-5,12,15H,3,6-11H2,1H3,(H,18,22). The highest BCUT2D eigenvalue weighted by Crippen LogP contribution is 2.19. The van der Waals surface area contributed by atoms with E-state index in [1.54, 1.807) is 0 Å². The molecule has 1 N–H and O–H groups in total. The molecule has 1 amide bonds. The molecule has 1 heterocycles. The number of thiocarbonyl (C=S) groups is 1. The van der Waals surface area contributed by atoms with Gasteiger partial charge in [-0.15, -0.1) is 0 Å². The number of hydrogen-bond acceptors (Lipinski definition) is 2. The zero-order chi connectivity index (χ0) is 15.5. The average molecular weight is 317 g/mol. The maximum absolute atomic E-state index is 12.6. The zero-order valence-corrected chi connectivity index (χ0v) is 13.9. The summed E-state index contributed by atoms with van der Waals surface area (Å²) in [4.78, 5) is 16.8. The van der Waals surface area contributed by atoms with Crippen LogP contribution < -0.4 is 5.32 Å². The Kier molecular flexibility index (Phi) is 4.62. The predicted octanol–water partition coefficient (Wildman–Crippen LogP) is 2.18. The lowest BCUT2D eigenvalue weighted by Crippen LogP contribution is -2.43. The first-order chi connectivity index (χ1) is 10.6. The fourth-order valence-corrected chi connectivity index (χ4v) is 3.13. The molecule has 2 aliphatic rings. The van der Waals surface area contributed by atoms with Gasteiger partial charge in [-0.3, -0.25) is 4.79 Å². The van der Waals surface area contributed by atoms with Crippen LogP contribution >= 0.6 is 12.2 Å². The van der Waals surface area contributed by atoms with E-state index < -0.39 is 0 Å². The topological polar surface area (TPSA) is 35.6 Å². The minimum atomic E-state index is 0.131. The molecule has 1 aromatic carbocycles. The third-order valence-corrected chi connectivity index (χ3v) is 4.62. The molecule has 1 aliphatic heterocycles. The maximum atomic E-state index is 12.6. The van der Waals surface area contributed by atoms with Crippen LogP contribution in [0.3, 0.4) is 0 Å². The molecule has 3 rings (SSSR count). The molecule has 118 valence electrons. The van der Waals surface area contributed by atoms with Crippen molar-refractivity contribution in [2.45, 2.75) is 32.2 Å². The van der Waals surface area contributed by atoms with Crippen molar-refractivity contribution in [3.63, 3.8) is 0 Å². The third-order valence-electron chi connectivity index (χ3n) is 4.24. The lowest BCUT2D eigenvalue weighted by atomic mass is 10.1. The summed E-state index contributed by atoms with van der Waals surface area (Å²) in [5.74, 6) is 0.131. The van der Waals surface area contributed by atoms with Crippen molar-refractivity contribution < 1.29 is 4.79 Å². The Hall–Kier alpha value is -1.62. The predicted molar refractivity (Wildman–Crippen MR) is 92.0 cm³/mol. The van der Waals surface area contributed by atoms with E-state index in [2.05, 4.69) is 10.2 Å². The minimum Gasteiger partial charge on any atom is -0.360 e. The molecule has 0 bridgehead atoms. The van der Waals surface area contributed by atoms with Crippen LogP contribution in [0.5, 0.6) is 0 Å². The van der Waals surface area contributed by atoms with Gasteiger partial charge in [0.25, 0.3) is 5.91 Å². The smallest absolute Gasteiger partial charge is 0.253 e. The second-order valence-electron chi connectivity index (χ2n) is 6.23. The van der Waals surface area contributed by atoms with Gasteiger partial charge in [-0.1, -0.05) is 17.7 Å². The van der Waals surface area contributed by atoms with Crippen LogP contribution in [-0.2, 0) is 0 Å². The fraction of sp³-hybridized carbons (Fsp3) is 0.529. The van der Waals surface area contributed by atoms with E-state index in [0.717, 1.165) is 48.8 Å². The highest BCUT2D eigenvalue weighted by Gasteiger charge is 2.26. The van der Waals surface area contributed by atoms with Crippen molar-refractivity contribution in [1.82, 2.24) is 15.1 Å². The van der Waals surface area contributed by atoms with E-state index in [4.69, 9.17) is 12.2 Å². The highest BCUT2D eigenvalue weighted by molar-refractivity contribution is 7.80. The summed E-state index contributed by atoms with van der Waals surface area (Å²) in [6, 6.07) is 8.41. The van der Waals surface area contributed by atoms with Crippen LogP contribution in [0.4, 0.5) is 0 Å². The lowest BCUT2D eigenvalue weighted by Gasteiger charge is -2.24. The van der Waals surface area contributed by atoms with Crippen LogP contribution in [-0.4, -0.2) is 53.0 Å². The van der Waals surface area contributed by atoms with Gasteiger partial charge in [0.2, 0.25) is 0 Å². The molecule has 0 aromatic heterocycles. The molecule has 5 heteroatoms. The van der Waals surface area contributed by atoms with Crippen LogP contribution in [0.2, 0.25) is 0 Å². The largest absolute Gasteiger partial charge is 0.360 e. The molecule has 1 aromatic rings. The van der Waals surface area contributed by atoms with Crippen molar-refractivity contribution in [1.29, 1.82) is 0 Å². The van der Waals surface area contributed by atoms with Gasteiger partial charge < -0.3 is 15.1 Å². The third kappa shape index (κ3) is 3.77. The van der Waals surface area contributed by atoms with Crippen molar-refractivity contribution in [2.75, 3.05) is 26.2 Å². The molecular weight excluding hydrogens is 294 g/mol. The van der Waals surface area contributed by atoms with Crippen molar-refractivity contribution in [3.8, 4) is 0 Å². The Morgan fingerprint density at radius 1 is 1.18 bits per heavy atom. The maximum Gasteiger partial charge on any atom is 0.253 e. The lowest BCUT2D eigenvalue weighted by molar-refractivity contribution is 0.0764. The molecule has 0 spiro atoms. The van der Waals surface area contributed by atoms with Crippen molar-refractivity contribution in [2.24, 2.45) is 0 Å². The number of amides is 1. The summed E-state index contributed by atoms with van der Waals surface area (Å²) in [6.45, 7) is 5.30. The highest BCUT2D eigenvalue weighted by atomic mass is 32.1. The van der Waals surface area contributed by atoms with E-state index in [1.807, 2.05) is 36.1 Å². The van der Waals surface area contributed by atoms with E-state index in [9.17, 15) is 4.79 Å². The monoisotopic (exact) mass is 317 g/mol. The summed E-state index contributed by atoms with van der Waals surface area (Å²) < 4.78 is 0. The van der Waals surface area contributed by atoms with Gasteiger partial charge in [0, 0.05) is 37.8 Å².